The van der Waals surface area contributed by atoms with Crippen LogP contribution in [0.25, 0.3) is 0 Å². The Bertz CT molecular complexity index is 534. The van der Waals surface area contributed by atoms with E-state index >= 15 is 0 Å². The van der Waals surface area contributed by atoms with E-state index in [9.17, 15) is 9.59 Å². The lowest BCUT2D eigenvalue weighted by Crippen LogP contribution is -2.36. The van der Waals surface area contributed by atoms with Crippen molar-refractivity contribution < 1.29 is 34.0 Å². The van der Waals surface area contributed by atoms with Gasteiger partial charge < -0.3 is 24.4 Å². The van der Waals surface area contributed by atoms with Gasteiger partial charge in [-0.15, -0.1) is 0 Å². The molecule has 3 N–H and O–H groups in total. The lowest BCUT2D eigenvalue weighted by atomic mass is 10.1. The summed E-state index contributed by atoms with van der Waals surface area (Å²) in [5, 5.41) is 20.7. The fourth-order valence-corrected chi connectivity index (χ4v) is 2.06. The van der Waals surface area contributed by atoms with E-state index in [0.29, 0.717) is 22.8 Å². The molecule has 8 heteroatoms. The molecule has 1 unspecified atom stereocenters. The molecule has 0 aliphatic carbocycles. The van der Waals surface area contributed by atoms with Crippen LogP contribution in [0.3, 0.4) is 0 Å². The van der Waals surface area contributed by atoms with Crippen molar-refractivity contribution in [1.29, 1.82) is 0 Å². The van der Waals surface area contributed by atoms with E-state index in [-0.39, 0.29) is 19.4 Å². The zero-order valence-electron chi connectivity index (χ0n) is 13.3. The first kappa shape index (κ1) is 18.6. The molecule has 1 aromatic carbocycles. The van der Waals surface area contributed by atoms with Crippen LogP contribution in [0, 0.1) is 0 Å². The average Bonchev–Trinajstić information content (AvgIpc) is 2.53. The Morgan fingerprint density at radius 3 is 2.04 bits per heavy atom. The van der Waals surface area contributed by atoms with Crippen molar-refractivity contribution in [2.45, 2.75) is 25.4 Å². The lowest BCUT2D eigenvalue weighted by molar-refractivity contribution is -0.140. The van der Waals surface area contributed by atoms with Crippen molar-refractivity contribution in [3.63, 3.8) is 0 Å². The molecule has 8 nitrogen and oxygen atoms in total. The molecule has 0 amide bonds. The third-order valence-electron chi connectivity index (χ3n) is 3.29. The van der Waals surface area contributed by atoms with Crippen LogP contribution in [0.1, 0.15) is 18.4 Å². The van der Waals surface area contributed by atoms with Gasteiger partial charge in [-0.05, 0) is 6.42 Å². The normalized spacial score (nSPS) is 11.6. The molecule has 0 radical (unpaired) electrons. The van der Waals surface area contributed by atoms with Crippen molar-refractivity contribution in [2.24, 2.45) is 0 Å². The van der Waals surface area contributed by atoms with Gasteiger partial charge in [0.2, 0.25) is 0 Å². The van der Waals surface area contributed by atoms with Crippen LogP contribution < -0.4 is 19.5 Å². The Kier molecular flexibility index (Phi) is 7.14. The predicted molar refractivity (Wildman–Crippen MR) is 81.2 cm³/mol. The standard InChI is InChI=1S/C15H21NO7/c1-21-9-6-12(22-2)10(13(7-9)23-3)8-16-11(15(19)20)4-5-14(17)18/h6-7,11,16H,4-5,8H2,1-3H3,(H,17,18)(H,19,20). The van der Waals surface area contributed by atoms with Crippen LogP contribution in [-0.2, 0) is 16.1 Å². The number of carboxylic acids is 2. The summed E-state index contributed by atoms with van der Waals surface area (Å²) in [6, 6.07) is 2.33. The number of carbonyl (C=O) groups is 2. The summed E-state index contributed by atoms with van der Waals surface area (Å²) in [5.74, 6) is -0.648. The molecule has 1 aromatic rings. The summed E-state index contributed by atoms with van der Waals surface area (Å²) >= 11 is 0. The molecule has 0 bridgehead atoms. The van der Waals surface area contributed by atoms with Crippen molar-refractivity contribution >= 4 is 11.9 Å². The van der Waals surface area contributed by atoms with Crippen LogP contribution in [-0.4, -0.2) is 49.5 Å². The van der Waals surface area contributed by atoms with E-state index in [0.717, 1.165) is 0 Å². The van der Waals surface area contributed by atoms with E-state index in [1.54, 1.807) is 12.1 Å². The number of hydrogen-bond donors (Lipinski definition) is 3. The fourth-order valence-electron chi connectivity index (χ4n) is 2.06. The Hall–Kier alpha value is -2.48. The molecule has 128 valence electrons. The van der Waals surface area contributed by atoms with Gasteiger partial charge in [0.1, 0.15) is 23.3 Å². The summed E-state index contributed by atoms with van der Waals surface area (Å²) in [6.07, 6.45) is -0.258. The van der Waals surface area contributed by atoms with E-state index in [1.165, 1.54) is 21.3 Å². The van der Waals surface area contributed by atoms with Gasteiger partial charge in [0.25, 0.3) is 0 Å². The molecule has 0 heterocycles. The smallest absolute Gasteiger partial charge is 0.320 e. The highest BCUT2D eigenvalue weighted by atomic mass is 16.5. The predicted octanol–water partition coefficient (Wildman–Crippen LogP) is 1.12. The highest BCUT2D eigenvalue weighted by Crippen LogP contribution is 2.34. The number of hydrogen-bond acceptors (Lipinski definition) is 6. The molecule has 0 saturated carbocycles. The molecule has 0 fully saturated rings. The van der Waals surface area contributed by atoms with Crippen molar-refractivity contribution in [3.05, 3.63) is 17.7 Å². The second-order valence-corrected chi connectivity index (χ2v) is 4.71. The first-order valence-corrected chi connectivity index (χ1v) is 6.89. The highest BCUT2D eigenvalue weighted by molar-refractivity contribution is 5.75. The Morgan fingerprint density at radius 1 is 1.09 bits per heavy atom. The fraction of sp³-hybridized carbons (Fsp3) is 0.467. The van der Waals surface area contributed by atoms with Crippen molar-refractivity contribution in [3.8, 4) is 17.2 Å². The Morgan fingerprint density at radius 2 is 1.65 bits per heavy atom. The average molecular weight is 327 g/mol. The number of benzene rings is 1. The number of nitrogens with one attached hydrogen (secondary N) is 1. The van der Waals surface area contributed by atoms with Gasteiger partial charge in [0.15, 0.2) is 0 Å². The van der Waals surface area contributed by atoms with Crippen LogP contribution in [0.15, 0.2) is 12.1 Å². The monoisotopic (exact) mass is 327 g/mol. The number of methoxy groups -OCH3 is 3. The maximum atomic E-state index is 11.2. The second kappa shape index (κ2) is 8.84. The van der Waals surface area contributed by atoms with Gasteiger partial charge in [-0.3, -0.25) is 14.9 Å². The van der Waals surface area contributed by atoms with Crippen molar-refractivity contribution in [1.82, 2.24) is 5.32 Å². The summed E-state index contributed by atoms with van der Waals surface area (Å²) in [4.78, 5) is 21.8. The van der Waals surface area contributed by atoms with E-state index in [1.807, 2.05) is 0 Å². The quantitative estimate of drug-likeness (QED) is 0.586. The third-order valence-corrected chi connectivity index (χ3v) is 3.29. The number of aliphatic carboxylic acids is 2. The van der Waals surface area contributed by atoms with Crippen LogP contribution in [0.2, 0.25) is 0 Å². The minimum atomic E-state index is -1.11. The van der Waals surface area contributed by atoms with Gasteiger partial charge in [-0.25, -0.2) is 0 Å². The van der Waals surface area contributed by atoms with E-state index < -0.39 is 18.0 Å². The number of carboxylic acid groups (broad SMARTS) is 2. The minimum Gasteiger partial charge on any atom is -0.496 e. The second-order valence-electron chi connectivity index (χ2n) is 4.71. The summed E-state index contributed by atoms with van der Waals surface area (Å²) < 4.78 is 15.7. The molecule has 1 rings (SSSR count). The van der Waals surface area contributed by atoms with E-state index in [2.05, 4.69) is 5.32 Å². The number of rotatable bonds is 10. The Balaban J connectivity index is 2.93. The first-order valence-electron chi connectivity index (χ1n) is 6.89. The third kappa shape index (κ3) is 5.33. The lowest BCUT2D eigenvalue weighted by Gasteiger charge is -2.18. The van der Waals surface area contributed by atoms with Gasteiger partial charge >= 0.3 is 11.9 Å². The number of ether oxygens (including phenoxy) is 3. The molecule has 0 saturated heterocycles. The minimum absolute atomic E-state index is 0.0224. The molecule has 0 aromatic heterocycles. The molecule has 1 atom stereocenters. The first-order chi connectivity index (χ1) is 10.9. The van der Waals surface area contributed by atoms with E-state index in [4.69, 9.17) is 24.4 Å². The zero-order chi connectivity index (χ0) is 17.4. The van der Waals surface area contributed by atoms with Gasteiger partial charge in [0, 0.05) is 25.1 Å². The zero-order valence-corrected chi connectivity index (χ0v) is 13.3. The van der Waals surface area contributed by atoms with Crippen molar-refractivity contribution in [2.75, 3.05) is 21.3 Å². The maximum absolute atomic E-state index is 11.2. The molecule has 0 aliphatic rings. The summed E-state index contributed by atoms with van der Waals surface area (Å²) in [5.41, 5.74) is 0.623. The molecule has 0 aliphatic heterocycles. The Labute approximate surface area is 134 Å². The van der Waals surface area contributed by atoms with Crippen LogP contribution in [0.4, 0.5) is 0 Å². The molecule has 0 spiro atoms. The molecular formula is C15H21NO7. The van der Waals surface area contributed by atoms with Gasteiger partial charge in [-0.2, -0.15) is 0 Å². The SMILES string of the molecule is COc1cc(OC)c(CNC(CCC(=O)O)C(=O)O)c(OC)c1. The van der Waals surface area contributed by atoms with Crippen LogP contribution >= 0.6 is 0 Å². The summed E-state index contributed by atoms with van der Waals surface area (Å²) in [7, 11) is 4.48. The topological polar surface area (TPSA) is 114 Å². The highest BCUT2D eigenvalue weighted by Gasteiger charge is 2.20. The molecular weight excluding hydrogens is 306 g/mol. The van der Waals surface area contributed by atoms with Crippen LogP contribution in [0.5, 0.6) is 17.2 Å². The summed E-state index contributed by atoms with van der Waals surface area (Å²) in [6.45, 7) is 0.146. The maximum Gasteiger partial charge on any atom is 0.320 e. The molecule has 23 heavy (non-hydrogen) atoms. The largest absolute Gasteiger partial charge is 0.496 e. The van der Waals surface area contributed by atoms with Gasteiger partial charge in [0.05, 0.1) is 26.9 Å². The van der Waals surface area contributed by atoms with Gasteiger partial charge in [-0.1, -0.05) is 0 Å².